The molecule has 0 radical (unpaired) electrons. The van der Waals surface area contributed by atoms with Crippen molar-refractivity contribution in [3.63, 3.8) is 0 Å². The van der Waals surface area contributed by atoms with Gasteiger partial charge in [0.05, 0.1) is 6.26 Å². The summed E-state index contributed by atoms with van der Waals surface area (Å²) in [6.45, 7) is 3.26. The molecule has 3 heterocycles. The molecule has 0 spiro atoms. The van der Waals surface area contributed by atoms with E-state index in [2.05, 4.69) is 15.4 Å². The molecule has 0 saturated heterocycles. The summed E-state index contributed by atoms with van der Waals surface area (Å²) in [4.78, 5) is 28.8. The van der Waals surface area contributed by atoms with Gasteiger partial charge in [-0.15, -0.1) is 0 Å². The first-order chi connectivity index (χ1) is 11.5. The number of anilines is 1. The van der Waals surface area contributed by atoms with Crippen LogP contribution in [0.3, 0.4) is 0 Å². The van der Waals surface area contributed by atoms with Crippen molar-refractivity contribution in [3.8, 4) is 11.5 Å². The molecule has 0 fully saturated rings. The SMILES string of the molecule is CC(C)(C(=O)Nc1ccncc1)n1nc(-c2ccco2)ccc1=O. The lowest BCUT2D eigenvalue weighted by Gasteiger charge is -2.25. The highest BCUT2D eigenvalue weighted by Crippen LogP contribution is 2.19. The first-order valence-electron chi connectivity index (χ1n) is 7.35. The minimum atomic E-state index is -1.19. The van der Waals surface area contributed by atoms with E-state index >= 15 is 0 Å². The van der Waals surface area contributed by atoms with Crippen LogP contribution in [0.15, 0.2) is 64.3 Å². The quantitative estimate of drug-likeness (QED) is 0.795. The molecule has 0 aliphatic heterocycles. The number of hydrogen-bond acceptors (Lipinski definition) is 5. The molecule has 3 aromatic rings. The van der Waals surface area contributed by atoms with Gasteiger partial charge in [0.1, 0.15) is 11.2 Å². The summed E-state index contributed by atoms with van der Waals surface area (Å²) >= 11 is 0. The molecule has 7 nitrogen and oxygen atoms in total. The number of carbonyl (C=O) groups is 1. The summed E-state index contributed by atoms with van der Waals surface area (Å²) < 4.78 is 6.45. The van der Waals surface area contributed by atoms with Gasteiger partial charge in [0.15, 0.2) is 5.76 Å². The Labute approximate surface area is 138 Å². The molecule has 0 saturated carbocycles. The molecule has 3 rings (SSSR count). The van der Waals surface area contributed by atoms with Gasteiger partial charge in [-0.3, -0.25) is 14.6 Å². The minimum absolute atomic E-state index is 0.361. The van der Waals surface area contributed by atoms with Crippen LogP contribution in [-0.4, -0.2) is 20.7 Å². The maximum atomic E-state index is 12.6. The Morgan fingerprint density at radius 1 is 1.17 bits per heavy atom. The molecule has 0 atom stereocenters. The fourth-order valence-corrected chi connectivity index (χ4v) is 2.18. The molecule has 0 aromatic carbocycles. The van der Waals surface area contributed by atoms with Gasteiger partial charge in [-0.25, -0.2) is 4.68 Å². The number of hydrogen-bond donors (Lipinski definition) is 1. The highest BCUT2D eigenvalue weighted by Gasteiger charge is 2.32. The van der Waals surface area contributed by atoms with Gasteiger partial charge in [-0.1, -0.05) is 0 Å². The predicted octanol–water partition coefficient (Wildman–Crippen LogP) is 2.27. The van der Waals surface area contributed by atoms with E-state index in [1.54, 1.807) is 56.6 Å². The Morgan fingerprint density at radius 2 is 1.92 bits per heavy atom. The molecule has 3 aromatic heterocycles. The van der Waals surface area contributed by atoms with Crippen molar-refractivity contribution in [2.45, 2.75) is 19.4 Å². The molecule has 0 aliphatic carbocycles. The number of carbonyl (C=O) groups excluding carboxylic acids is 1. The molecule has 1 amide bonds. The van der Waals surface area contributed by atoms with Gasteiger partial charge < -0.3 is 9.73 Å². The van der Waals surface area contributed by atoms with E-state index in [1.807, 2.05) is 0 Å². The Morgan fingerprint density at radius 3 is 2.58 bits per heavy atom. The van der Waals surface area contributed by atoms with Crippen LogP contribution in [0.4, 0.5) is 5.69 Å². The van der Waals surface area contributed by atoms with Crippen molar-refractivity contribution in [3.05, 3.63) is 65.4 Å². The topological polar surface area (TPSA) is 90.0 Å². The number of aromatic nitrogens is 3. The lowest BCUT2D eigenvalue weighted by molar-refractivity contribution is -0.123. The van der Waals surface area contributed by atoms with E-state index in [1.165, 1.54) is 12.3 Å². The molecule has 1 N–H and O–H groups in total. The van der Waals surface area contributed by atoms with E-state index in [0.717, 1.165) is 4.68 Å². The Bertz CT molecular complexity index is 899. The van der Waals surface area contributed by atoms with Gasteiger partial charge in [0, 0.05) is 24.1 Å². The lowest BCUT2D eigenvalue weighted by Crippen LogP contribution is -2.47. The largest absolute Gasteiger partial charge is 0.463 e. The summed E-state index contributed by atoms with van der Waals surface area (Å²) in [5, 5.41) is 7.05. The highest BCUT2D eigenvalue weighted by atomic mass is 16.3. The summed E-state index contributed by atoms with van der Waals surface area (Å²) in [6.07, 6.45) is 4.67. The van der Waals surface area contributed by atoms with Gasteiger partial charge in [-0.2, -0.15) is 5.10 Å². The van der Waals surface area contributed by atoms with Crippen molar-refractivity contribution >= 4 is 11.6 Å². The third-order valence-corrected chi connectivity index (χ3v) is 3.60. The average molecular weight is 324 g/mol. The van der Waals surface area contributed by atoms with E-state index in [9.17, 15) is 9.59 Å². The zero-order valence-electron chi connectivity index (χ0n) is 13.3. The third kappa shape index (κ3) is 2.96. The molecule has 0 bridgehead atoms. The van der Waals surface area contributed by atoms with E-state index in [-0.39, 0.29) is 11.5 Å². The molecule has 7 heteroatoms. The molecular weight excluding hydrogens is 308 g/mol. The lowest BCUT2D eigenvalue weighted by atomic mass is 10.0. The molecule has 0 aliphatic rings. The van der Waals surface area contributed by atoms with Crippen molar-refractivity contribution < 1.29 is 9.21 Å². The van der Waals surface area contributed by atoms with Crippen LogP contribution >= 0.6 is 0 Å². The van der Waals surface area contributed by atoms with Crippen molar-refractivity contribution in [2.75, 3.05) is 5.32 Å². The fourth-order valence-electron chi connectivity index (χ4n) is 2.18. The van der Waals surface area contributed by atoms with Crippen molar-refractivity contribution in [1.82, 2.24) is 14.8 Å². The van der Waals surface area contributed by atoms with Crippen LogP contribution in [0.2, 0.25) is 0 Å². The smallest absolute Gasteiger partial charge is 0.267 e. The first-order valence-corrected chi connectivity index (χ1v) is 7.35. The summed E-state index contributed by atoms with van der Waals surface area (Å²) in [7, 11) is 0. The summed E-state index contributed by atoms with van der Waals surface area (Å²) in [5.74, 6) is 0.161. The number of pyridine rings is 1. The summed E-state index contributed by atoms with van der Waals surface area (Å²) in [6, 6.07) is 9.74. The molecule has 24 heavy (non-hydrogen) atoms. The van der Waals surface area contributed by atoms with Crippen LogP contribution in [0.5, 0.6) is 0 Å². The second-order valence-corrected chi connectivity index (χ2v) is 5.69. The minimum Gasteiger partial charge on any atom is -0.463 e. The Balaban J connectivity index is 1.95. The van der Waals surface area contributed by atoms with Crippen LogP contribution < -0.4 is 10.9 Å². The molecule has 0 unspecified atom stereocenters. The monoisotopic (exact) mass is 324 g/mol. The maximum Gasteiger partial charge on any atom is 0.267 e. The third-order valence-electron chi connectivity index (χ3n) is 3.60. The van der Waals surface area contributed by atoms with Crippen LogP contribution in [0.25, 0.3) is 11.5 Å². The van der Waals surface area contributed by atoms with Crippen molar-refractivity contribution in [2.24, 2.45) is 0 Å². The number of furan rings is 1. The molecule has 122 valence electrons. The van der Waals surface area contributed by atoms with Crippen LogP contribution in [0.1, 0.15) is 13.8 Å². The zero-order valence-corrected chi connectivity index (χ0v) is 13.3. The fraction of sp³-hybridized carbons (Fsp3) is 0.176. The second kappa shape index (κ2) is 6.11. The van der Waals surface area contributed by atoms with Gasteiger partial charge >= 0.3 is 0 Å². The second-order valence-electron chi connectivity index (χ2n) is 5.69. The number of nitrogens with zero attached hydrogens (tertiary/aromatic N) is 3. The molecular formula is C17H16N4O3. The zero-order chi connectivity index (χ0) is 17.2. The predicted molar refractivity (Wildman–Crippen MR) is 88.4 cm³/mol. The Kier molecular flexibility index (Phi) is 3.99. The number of nitrogens with one attached hydrogen (secondary N) is 1. The number of rotatable bonds is 4. The van der Waals surface area contributed by atoms with Gasteiger partial charge in [-0.05, 0) is 44.2 Å². The Hall–Kier alpha value is -3.22. The summed E-state index contributed by atoms with van der Waals surface area (Å²) in [5.41, 5.74) is -0.494. The standard InChI is InChI=1S/C17H16N4O3/c1-17(2,16(23)19-12-7-9-18-10-8-12)21-15(22)6-5-13(20-21)14-4-3-11-24-14/h3-11H,1-2H3,(H,18,19,23). The van der Waals surface area contributed by atoms with Crippen LogP contribution in [0, 0.1) is 0 Å². The maximum absolute atomic E-state index is 12.6. The first kappa shape index (κ1) is 15.7. The van der Waals surface area contributed by atoms with E-state index in [0.29, 0.717) is 17.1 Å². The average Bonchev–Trinajstić information content (AvgIpc) is 3.10. The van der Waals surface area contributed by atoms with E-state index < -0.39 is 5.54 Å². The van der Waals surface area contributed by atoms with E-state index in [4.69, 9.17) is 4.42 Å². The highest BCUT2D eigenvalue weighted by molar-refractivity contribution is 5.95. The van der Waals surface area contributed by atoms with Gasteiger partial charge in [0.25, 0.3) is 11.5 Å². The number of amides is 1. The van der Waals surface area contributed by atoms with Crippen molar-refractivity contribution in [1.29, 1.82) is 0 Å². The normalized spacial score (nSPS) is 11.2. The van der Waals surface area contributed by atoms with Gasteiger partial charge in [0.2, 0.25) is 0 Å². The van der Waals surface area contributed by atoms with Crippen LogP contribution in [-0.2, 0) is 10.3 Å².